The zero-order valence-corrected chi connectivity index (χ0v) is 18.8. The molecule has 10 heteroatoms. The molecule has 1 aromatic carbocycles. The molecule has 0 spiro atoms. The van der Waals surface area contributed by atoms with Gasteiger partial charge < -0.3 is 9.26 Å². The van der Waals surface area contributed by atoms with Crippen LogP contribution < -0.4 is 0 Å². The van der Waals surface area contributed by atoms with Gasteiger partial charge >= 0.3 is 0 Å². The van der Waals surface area contributed by atoms with Crippen molar-refractivity contribution in [3.8, 4) is 11.3 Å². The minimum Gasteiger partial charge on any atom is -0.370 e. The minimum absolute atomic E-state index is 0.0864. The maximum Gasteiger partial charge on any atom is 0.229 e. The zero-order chi connectivity index (χ0) is 23.4. The van der Waals surface area contributed by atoms with E-state index in [1.54, 1.807) is 0 Å². The van der Waals surface area contributed by atoms with Crippen LogP contribution in [0.3, 0.4) is 0 Å². The van der Waals surface area contributed by atoms with E-state index in [4.69, 9.17) is 19.2 Å². The van der Waals surface area contributed by atoms with Crippen LogP contribution in [-0.2, 0) is 4.74 Å². The van der Waals surface area contributed by atoms with E-state index in [0.29, 0.717) is 65.5 Å². The van der Waals surface area contributed by atoms with Gasteiger partial charge in [0.2, 0.25) is 11.7 Å². The van der Waals surface area contributed by atoms with Gasteiger partial charge in [-0.15, -0.1) is 0 Å². The number of aryl methyl sites for hydroxylation is 2. The molecule has 3 aromatic heterocycles. The van der Waals surface area contributed by atoms with E-state index in [9.17, 15) is 8.78 Å². The molecule has 0 amide bonds. The third-order valence-corrected chi connectivity index (χ3v) is 6.47. The molecule has 0 radical (unpaired) electrons. The average Bonchev–Trinajstić information content (AvgIpc) is 3.56. The van der Waals surface area contributed by atoms with Crippen molar-refractivity contribution in [2.75, 3.05) is 6.61 Å². The smallest absolute Gasteiger partial charge is 0.229 e. The second kappa shape index (κ2) is 8.12. The maximum absolute atomic E-state index is 14.8. The summed E-state index contributed by atoms with van der Waals surface area (Å²) >= 11 is 0. The normalized spacial score (nSPS) is 20.7. The first-order chi connectivity index (χ1) is 16.5. The van der Waals surface area contributed by atoms with Crippen molar-refractivity contribution < 1.29 is 18.0 Å². The Hall–Kier alpha value is -3.40. The van der Waals surface area contributed by atoms with Crippen molar-refractivity contribution in [1.29, 1.82) is 0 Å². The number of hydrogen-bond acceptors (Lipinski definition) is 8. The van der Waals surface area contributed by atoms with Crippen molar-refractivity contribution in [2.24, 2.45) is 0 Å². The van der Waals surface area contributed by atoms with Gasteiger partial charge in [-0.2, -0.15) is 4.98 Å². The van der Waals surface area contributed by atoms with Crippen molar-refractivity contribution in [3.63, 3.8) is 0 Å². The highest BCUT2D eigenvalue weighted by Crippen LogP contribution is 2.41. The zero-order valence-electron chi connectivity index (χ0n) is 18.8. The van der Waals surface area contributed by atoms with E-state index in [1.807, 2.05) is 13.8 Å². The number of ether oxygens (including phenoxy) is 1. The molecule has 34 heavy (non-hydrogen) atoms. The van der Waals surface area contributed by atoms with E-state index in [2.05, 4.69) is 20.1 Å². The summed E-state index contributed by atoms with van der Waals surface area (Å²) in [5.74, 6) is 0.620. The van der Waals surface area contributed by atoms with Gasteiger partial charge in [0.05, 0.1) is 11.4 Å². The molecule has 2 atom stereocenters. The van der Waals surface area contributed by atoms with Crippen LogP contribution in [0.15, 0.2) is 22.7 Å². The standard InChI is InChI=1S/C24H22F2N6O2/c1-11-12(2)28-23-20(27-11)19(16-6-5-15(25)10-17(16)26)29-21(30-23)14-7-8-33-18(9-14)22-31-24(34-32-22)13-3-4-13/h5-6,10,13-14,18H,3-4,7-9H2,1-2H3/t14-,18+/m1/s1. The van der Waals surface area contributed by atoms with Crippen molar-refractivity contribution >= 4 is 11.2 Å². The minimum atomic E-state index is -0.713. The number of hydrogen-bond donors (Lipinski definition) is 0. The molecule has 0 unspecified atom stereocenters. The van der Waals surface area contributed by atoms with E-state index in [-0.39, 0.29) is 17.6 Å². The topological polar surface area (TPSA) is 99.7 Å². The Bertz CT molecular complexity index is 1400. The average molecular weight is 464 g/mol. The molecular formula is C24H22F2N6O2. The number of fused-ring (bicyclic) bond motifs is 1. The molecule has 4 heterocycles. The Kier molecular flexibility index (Phi) is 5.05. The van der Waals surface area contributed by atoms with Crippen LogP contribution in [-0.4, -0.2) is 36.7 Å². The Morgan fingerprint density at radius 3 is 2.50 bits per heavy atom. The molecule has 1 aliphatic carbocycles. The van der Waals surface area contributed by atoms with Crippen LogP contribution in [0.5, 0.6) is 0 Å². The molecule has 8 nitrogen and oxygen atoms in total. The summed E-state index contributed by atoms with van der Waals surface area (Å²) in [6.07, 6.45) is 3.04. The lowest BCUT2D eigenvalue weighted by Gasteiger charge is -2.27. The molecule has 2 aliphatic rings. The van der Waals surface area contributed by atoms with E-state index in [1.165, 1.54) is 12.1 Å². The molecular weight excluding hydrogens is 442 g/mol. The molecule has 0 N–H and O–H groups in total. The van der Waals surface area contributed by atoms with E-state index < -0.39 is 11.6 Å². The summed E-state index contributed by atoms with van der Waals surface area (Å²) in [5.41, 5.74) is 2.64. The van der Waals surface area contributed by atoms with Gasteiger partial charge in [0, 0.05) is 30.1 Å². The van der Waals surface area contributed by atoms with Crippen LogP contribution in [0, 0.1) is 25.5 Å². The second-order valence-electron chi connectivity index (χ2n) is 8.97. The lowest BCUT2D eigenvalue weighted by molar-refractivity contribution is -0.00240. The van der Waals surface area contributed by atoms with Crippen LogP contribution in [0.25, 0.3) is 22.4 Å². The second-order valence-corrected chi connectivity index (χ2v) is 8.97. The lowest BCUT2D eigenvalue weighted by atomic mass is 9.94. The number of benzene rings is 1. The number of halogens is 2. The van der Waals surface area contributed by atoms with E-state index >= 15 is 0 Å². The van der Waals surface area contributed by atoms with Gasteiger partial charge in [-0.1, -0.05) is 5.16 Å². The fourth-order valence-electron chi connectivity index (χ4n) is 4.27. The number of nitrogens with zero attached hydrogens (tertiary/aromatic N) is 6. The molecule has 0 bridgehead atoms. The molecule has 174 valence electrons. The largest absolute Gasteiger partial charge is 0.370 e. The third kappa shape index (κ3) is 3.81. The SMILES string of the molecule is Cc1nc2nc([C@@H]3CCO[C@H](c4noc(C5CC5)n4)C3)nc(-c3ccc(F)cc3F)c2nc1C. The molecule has 1 saturated carbocycles. The molecule has 2 fully saturated rings. The fourth-order valence-corrected chi connectivity index (χ4v) is 4.27. The first-order valence-corrected chi connectivity index (χ1v) is 11.4. The third-order valence-electron chi connectivity index (χ3n) is 6.47. The van der Waals surface area contributed by atoms with Gasteiger partial charge in [-0.05, 0) is 51.7 Å². The van der Waals surface area contributed by atoms with Gasteiger partial charge in [0.1, 0.15) is 34.8 Å². The number of aromatic nitrogens is 6. The quantitative estimate of drug-likeness (QED) is 0.421. The molecule has 1 aliphatic heterocycles. The number of rotatable bonds is 4. The molecule has 4 aromatic rings. The summed E-state index contributed by atoms with van der Waals surface area (Å²) in [5, 5.41) is 4.13. The van der Waals surface area contributed by atoms with Crippen LogP contribution >= 0.6 is 0 Å². The Labute approximate surface area is 193 Å². The highest BCUT2D eigenvalue weighted by atomic mass is 19.1. The van der Waals surface area contributed by atoms with Crippen molar-refractivity contribution in [2.45, 2.75) is 57.5 Å². The van der Waals surface area contributed by atoms with Crippen LogP contribution in [0.4, 0.5) is 8.78 Å². The van der Waals surface area contributed by atoms with Gasteiger partial charge in [0.25, 0.3) is 0 Å². The van der Waals surface area contributed by atoms with Gasteiger partial charge in [-0.25, -0.2) is 28.7 Å². The highest BCUT2D eigenvalue weighted by Gasteiger charge is 2.34. The Morgan fingerprint density at radius 1 is 0.882 bits per heavy atom. The first-order valence-electron chi connectivity index (χ1n) is 11.4. The summed E-state index contributed by atoms with van der Waals surface area (Å²) < 4.78 is 39.7. The first kappa shape index (κ1) is 21.2. The summed E-state index contributed by atoms with van der Waals surface area (Å²) in [7, 11) is 0. The predicted octanol–water partition coefficient (Wildman–Crippen LogP) is 4.88. The van der Waals surface area contributed by atoms with Gasteiger partial charge in [-0.3, -0.25) is 0 Å². The highest BCUT2D eigenvalue weighted by molar-refractivity contribution is 5.87. The summed E-state index contributed by atoms with van der Waals surface area (Å²) in [4.78, 5) is 23.1. The monoisotopic (exact) mass is 464 g/mol. The lowest BCUT2D eigenvalue weighted by Crippen LogP contribution is -2.21. The van der Waals surface area contributed by atoms with E-state index in [0.717, 1.165) is 24.6 Å². The Morgan fingerprint density at radius 2 is 1.71 bits per heavy atom. The van der Waals surface area contributed by atoms with Crippen LogP contribution in [0.1, 0.15) is 72.6 Å². The Balaban J connectivity index is 1.41. The van der Waals surface area contributed by atoms with Crippen LogP contribution in [0.2, 0.25) is 0 Å². The molecule has 6 rings (SSSR count). The fraction of sp³-hybridized carbons (Fsp3) is 0.417. The maximum atomic E-state index is 14.8. The predicted molar refractivity (Wildman–Crippen MR) is 117 cm³/mol. The summed E-state index contributed by atoms with van der Waals surface area (Å²) in [6, 6.07) is 3.42. The van der Waals surface area contributed by atoms with Crippen molar-refractivity contribution in [3.05, 3.63) is 58.8 Å². The van der Waals surface area contributed by atoms with Gasteiger partial charge in [0.15, 0.2) is 5.65 Å². The van der Waals surface area contributed by atoms with Crippen molar-refractivity contribution in [1.82, 2.24) is 30.1 Å². The summed E-state index contributed by atoms with van der Waals surface area (Å²) in [6.45, 7) is 4.15. The molecule has 1 saturated heterocycles.